The number of nitrogens with zero attached hydrogens (tertiary/aromatic N) is 2. The monoisotopic (exact) mass is 254 g/mol. The van der Waals surface area contributed by atoms with E-state index in [-0.39, 0.29) is 5.91 Å². The lowest BCUT2D eigenvalue weighted by Crippen LogP contribution is -2.48. The molecule has 2 heterocycles. The van der Waals surface area contributed by atoms with Crippen molar-refractivity contribution in [2.24, 2.45) is 0 Å². The SMILES string of the molecule is O=C(O)[C@H]1CCCCN1C(=O)CCN1CCCC1. The summed E-state index contributed by atoms with van der Waals surface area (Å²) < 4.78 is 0. The fourth-order valence-electron chi connectivity index (χ4n) is 2.89. The van der Waals surface area contributed by atoms with E-state index in [0.29, 0.717) is 19.4 Å². The Kier molecular flexibility index (Phi) is 4.58. The zero-order valence-corrected chi connectivity index (χ0v) is 10.8. The van der Waals surface area contributed by atoms with Gasteiger partial charge in [0.25, 0.3) is 0 Å². The van der Waals surface area contributed by atoms with Crippen LogP contribution in [0, 0.1) is 0 Å². The van der Waals surface area contributed by atoms with Crippen molar-refractivity contribution in [1.82, 2.24) is 9.80 Å². The highest BCUT2D eigenvalue weighted by Crippen LogP contribution is 2.18. The van der Waals surface area contributed by atoms with Crippen LogP contribution >= 0.6 is 0 Å². The van der Waals surface area contributed by atoms with Gasteiger partial charge in [-0.15, -0.1) is 0 Å². The van der Waals surface area contributed by atoms with Gasteiger partial charge in [-0.05, 0) is 45.2 Å². The summed E-state index contributed by atoms with van der Waals surface area (Å²) in [6.07, 6.45) is 5.34. The average molecular weight is 254 g/mol. The maximum absolute atomic E-state index is 12.1. The molecule has 2 rings (SSSR count). The Balaban J connectivity index is 1.83. The van der Waals surface area contributed by atoms with Gasteiger partial charge in [0.05, 0.1) is 0 Å². The molecular formula is C13H22N2O3. The number of hydrogen-bond donors (Lipinski definition) is 1. The molecule has 0 unspecified atom stereocenters. The predicted octanol–water partition coefficient (Wildman–Crippen LogP) is 0.938. The molecule has 2 saturated heterocycles. The molecule has 2 aliphatic heterocycles. The van der Waals surface area contributed by atoms with Crippen molar-refractivity contribution in [3.63, 3.8) is 0 Å². The number of carboxylic acids is 1. The molecule has 0 aromatic heterocycles. The van der Waals surface area contributed by atoms with Gasteiger partial charge in [-0.3, -0.25) is 4.79 Å². The normalized spacial score (nSPS) is 25.3. The second kappa shape index (κ2) is 6.18. The molecule has 5 nitrogen and oxygen atoms in total. The number of amides is 1. The number of carboxylic acid groups (broad SMARTS) is 1. The summed E-state index contributed by atoms with van der Waals surface area (Å²) >= 11 is 0. The van der Waals surface area contributed by atoms with Crippen LogP contribution in [-0.2, 0) is 9.59 Å². The first-order valence-electron chi connectivity index (χ1n) is 6.93. The standard InChI is InChI=1S/C13H22N2O3/c16-12(6-10-14-7-3-4-8-14)15-9-2-1-5-11(15)13(17)18/h11H,1-10H2,(H,17,18)/t11-/m1/s1. The summed E-state index contributed by atoms with van der Waals surface area (Å²) in [5, 5.41) is 9.13. The fourth-order valence-corrected chi connectivity index (χ4v) is 2.89. The van der Waals surface area contributed by atoms with Crippen molar-refractivity contribution >= 4 is 11.9 Å². The van der Waals surface area contributed by atoms with E-state index < -0.39 is 12.0 Å². The van der Waals surface area contributed by atoms with Gasteiger partial charge in [-0.25, -0.2) is 4.79 Å². The topological polar surface area (TPSA) is 60.9 Å². The number of piperidine rings is 1. The van der Waals surface area contributed by atoms with Gasteiger partial charge in [0, 0.05) is 19.5 Å². The Morgan fingerprint density at radius 3 is 2.39 bits per heavy atom. The van der Waals surface area contributed by atoms with Crippen LogP contribution in [0.5, 0.6) is 0 Å². The Labute approximate surface area is 108 Å². The zero-order valence-electron chi connectivity index (χ0n) is 10.8. The summed E-state index contributed by atoms with van der Waals surface area (Å²) in [7, 11) is 0. The maximum Gasteiger partial charge on any atom is 0.326 e. The number of aliphatic carboxylic acids is 1. The number of carbonyl (C=O) groups is 2. The highest BCUT2D eigenvalue weighted by Gasteiger charge is 2.31. The molecule has 0 aromatic carbocycles. The highest BCUT2D eigenvalue weighted by molar-refractivity contribution is 5.83. The summed E-state index contributed by atoms with van der Waals surface area (Å²) in [6, 6.07) is -0.593. The van der Waals surface area contributed by atoms with Gasteiger partial charge in [0.2, 0.25) is 5.91 Å². The first-order chi connectivity index (χ1) is 8.68. The van der Waals surface area contributed by atoms with E-state index >= 15 is 0 Å². The van der Waals surface area contributed by atoms with Crippen molar-refractivity contribution in [3.05, 3.63) is 0 Å². The second-order valence-electron chi connectivity index (χ2n) is 5.24. The first kappa shape index (κ1) is 13.3. The molecule has 5 heteroatoms. The molecule has 0 radical (unpaired) electrons. The largest absolute Gasteiger partial charge is 0.480 e. The van der Waals surface area contributed by atoms with Crippen molar-refractivity contribution in [1.29, 1.82) is 0 Å². The van der Waals surface area contributed by atoms with Crippen LogP contribution in [0.1, 0.15) is 38.5 Å². The lowest BCUT2D eigenvalue weighted by atomic mass is 10.0. The Hall–Kier alpha value is -1.10. The summed E-state index contributed by atoms with van der Waals surface area (Å²) in [5.74, 6) is -0.849. The molecule has 1 amide bonds. The highest BCUT2D eigenvalue weighted by atomic mass is 16.4. The van der Waals surface area contributed by atoms with Crippen molar-refractivity contribution in [3.8, 4) is 0 Å². The van der Waals surface area contributed by atoms with Gasteiger partial charge in [0.1, 0.15) is 6.04 Å². The number of rotatable bonds is 4. The van der Waals surface area contributed by atoms with Gasteiger partial charge in [0.15, 0.2) is 0 Å². The summed E-state index contributed by atoms with van der Waals surface area (Å²) in [5.41, 5.74) is 0. The molecule has 0 aliphatic carbocycles. The van der Waals surface area contributed by atoms with Crippen LogP contribution in [0.15, 0.2) is 0 Å². The van der Waals surface area contributed by atoms with Crippen LogP contribution in [0.2, 0.25) is 0 Å². The number of likely N-dealkylation sites (tertiary alicyclic amines) is 2. The smallest absolute Gasteiger partial charge is 0.326 e. The Bertz CT molecular complexity index is 313. The zero-order chi connectivity index (χ0) is 13.0. The minimum Gasteiger partial charge on any atom is -0.480 e. The summed E-state index contributed by atoms with van der Waals surface area (Å²) in [4.78, 5) is 27.1. The van der Waals surface area contributed by atoms with E-state index in [1.807, 2.05) is 0 Å². The molecular weight excluding hydrogens is 232 g/mol. The third-order valence-corrected chi connectivity index (χ3v) is 3.95. The Morgan fingerprint density at radius 2 is 1.72 bits per heavy atom. The average Bonchev–Trinajstić information content (AvgIpc) is 2.89. The van der Waals surface area contributed by atoms with E-state index in [2.05, 4.69) is 4.90 Å². The molecule has 102 valence electrons. The van der Waals surface area contributed by atoms with Crippen molar-refractivity contribution < 1.29 is 14.7 Å². The fraction of sp³-hybridized carbons (Fsp3) is 0.846. The molecule has 0 saturated carbocycles. The molecule has 18 heavy (non-hydrogen) atoms. The van der Waals surface area contributed by atoms with Crippen LogP contribution in [0.4, 0.5) is 0 Å². The Morgan fingerprint density at radius 1 is 1.06 bits per heavy atom. The number of hydrogen-bond acceptors (Lipinski definition) is 3. The predicted molar refractivity (Wildman–Crippen MR) is 67.3 cm³/mol. The third kappa shape index (κ3) is 3.22. The summed E-state index contributed by atoms with van der Waals surface area (Å²) in [6.45, 7) is 3.54. The van der Waals surface area contributed by atoms with Gasteiger partial charge in [-0.2, -0.15) is 0 Å². The van der Waals surface area contributed by atoms with Crippen molar-refractivity contribution in [2.75, 3.05) is 26.2 Å². The van der Waals surface area contributed by atoms with Gasteiger partial charge >= 0.3 is 5.97 Å². The minimum absolute atomic E-state index is 0.00833. The van der Waals surface area contributed by atoms with E-state index in [1.54, 1.807) is 4.90 Å². The molecule has 0 aromatic rings. The van der Waals surface area contributed by atoms with Crippen LogP contribution in [0.25, 0.3) is 0 Å². The minimum atomic E-state index is -0.857. The molecule has 0 spiro atoms. The van der Waals surface area contributed by atoms with Crippen molar-refractivity contribution in [2.45, 2.75) is 44.6 Å². The van der Waals surface area contributed by atoms with Crippen LogP contribution in [-0.4, -0.2) is 59.0 Å². The molecule has 1 N–H and O–H groups in total. The quantitative estimate of drug-likeness (QED) is 0.811. The molecule has 2 aliphatic rings. The van der Waals surface area contributed by atoms with E-state index in [1.165, 1.54) is 12.8 Å². The third-order valence-electron chi connectivity index (χ3n) is 3.95. The van der Waals surface area contributed by atoms with E-state index in [0.717, 1.165) is 32.5 Å². The number of carbonyl (C=O) groups excluding carboxylic acids is 1. The van der Waals surface area contributed by atoms with Gasteiger partial charge < -0.3 is 14.9 Å². The second-order valence-corrected chi connectivity index (χ2v) is 5.24. The maximum atomic E-state index is 12.1. The lowest BCUT2D eigenvalue weighted by molar-refractivity contribution is -0.152. The first-order valence-corrected chi connectivity index (χ1v) is 6.93. The molecule has 0 bridgehead atoms. The van der Waals surface area contributed by atoms with E-state index in [4.69, 9.17) is 5.11 Å². The van der Waals surface area contributed by atoms with E-state index in [9.17, 15) is 9.59 Å². The lowest BCUT2D eigenvalue weighted by Gasteiger charge is -2.33. The van der Waals surface area contributed by atoms with Crippen LogP contribution < -0.4 is 0 Å². The van der Waals surface area contributed by atoms with Crippen LogP contribution in [0.3, 0.4) is 0 Å². The molecule has 2 fully saturated rings. The van der Waals surface area contributed by atoms with Gasteiger partial charge in [-0.1, -0.05) is 0 Å². The molecule has 1 atom stereocenters.